The van der Waals surface area contributed by atoms with Gasteiger partial charge in [-0.1, -0.05) is 19.3 Å². The van der Waals surface area contributed by atoms with Gasteiger partial charge in [-0.3, -0.25) is 9.48 Å². The first kappa shape index (κ1) is 15.0. The van der Waals surface area contributed by atoms with Crippen LogP contribution < -0.4 is 10.1 Å². The van der Waals surface area contributed by atoms with Crippen molar-refractivity contribution in [3.63, 3.8) is 0 Å². The van der Waals surface area contributed by atoms with Crippen LogP contribution in [0.3, 0.4) is 0 Å². The fourth-order valence-electron chi connectivity index (χ4n) is 3.17. The average Bonchev–Trinajstić information content (AvgIpc) is 2.91. The number of ether oxygens (including phenoxy) is 1. The number of aryl methyl sites for hydroxylation is 1. The van der Waals surface area contributed by atoms with Crippen molar-refractivity contribution in [3.05, 3.63) is 11.9 Å². The summed E-state index contributed by atoms with van der Waals surface area (Å²) in [5, 5.41) is 7.61. The molecule has 1 N–H and O–H groups in total. The molecule has 112 valence electrons. The SMILES string of the molecule is CCn1ncc(OC)c1C(=O)CC1(NC)CCCCC1. The van der Waals surface area contributed by atoms with Crippen LogP contribution in [-0.2, 0) is 6.54 Å². The van der Waals surface area contributed by atoms with Gasteiger partial charge in [-0.15, -0.1) is 0 Å². The third-order valence-corrected chi connectivity index (χ3v) is 4.43. The summed E-state index contributed by atoms with van der Waals surface area (Å²) in [6.45, 7) is 2.66. The van der Waals surface area contributed by atoms with Gasteiger partial charge < -0.3 is 10.1 Å². The van der Waals surface area contributed by atoms with Crippen LogP contribution in [0.2, 0.25) is 0 Å². The molecule has 0 amide bonds. The molecule has 0 aliphatic heterocycles. The molecule has 5 heteroatoms. The number of nitrogens with one attached hydrogen (secondary N) is 1. The standard InChI is InChI=1S/C15H25N3O2/c1-4-18-14(13(20-3)11-17-18)12(19)10-15(16-2)8-6-5-7-9-15/h11,16H,4-10H2,1-3H3. The highest BCUT2D eigenvalue weighted by atomic mass is 16.5. The number of Topliss-reactive ketones (excluding diaryl/α,β-unsaturated/α-hetero) is 1. The molecule has 0 spiro atoms. The lowest BCUT2D eigenvalue weighted by atomic mass is 9.78. The number of nitrogens with zero attached hydrogens (tertiary/aromatic N) is 2. The van der Waals surface area contributed by atoms with Gasteiger partial charge in [0.1, 0.15) is 5.69 Å². The van der Waals surface area contributed by atoms with E-state index >= 15 is 0 Å². The van der Waals surface area contributed by atoms with Crippen molar-refractivity contribution in [1.82, 2.24) is 15.1 Å². The molecule has 0 atom stereocenters. The van der Waals surface area contributed by atoms with Crippen molar-refractivity contribution in [1.29, 1.82) is 0 Å². The topological polar surface area (TPSA) is 56.2 Å². The number of aromatic nitrogens is 2. The van der Waals surface area contributed by atoms with Crippen molar-refractivity contribution in [3.8, 4) is 5.75 Å². The Labute approximate surface area is 120 Å². The van der Waals surface area contributed by atoms with Gasteiger partial charge in [0.25, 0.3) is 0 Å². The highest BCUT2D eigenvalue weighted by molar-refractivity contribution is 5.97. The van der Waals surface area contributed by atoms with E-state index in [4.69, 9.17) is 4.74 Å². The average molecular weight is 279 g/mol. The zero-order chi connectivity index (χ0) is 14.6. The lowest BCUT2D eigenvalue weighted by Crippen LogP contribution is -2.46. The van der Waals surface area contributed by atoms with E-state index in [0.717, 1.165) is 12.8 Å². The van der Waals surface area contributed by atoms with E-state index in [1.165, 1.54) is 19.3 Å². The number of hydrogen-bond acceptors (Lipinski definition) is 4. The first-order chi connectivity index (χ1) is 9.65. The summed E-state index contributed by atoms with van der Waals surface area (Å²) >= 11 is 0. The molecule has 20 heavy (non-hydrogen) atoms. The molecule has 0 aromatic carbocycles. The predicted molar refractivity (Wildman–Crippen MR) is 78.3 cm³/mol. The quantitative estimate of drug-likeness (QED) is 0.812. The van der Waals surface area contributed by atoms with Gasteiger partial charge in [-0.25, -0.2) is 0 Å². The Morgan fingerprint density at radius 3 is 2.70 bits per heavy atom. The first-order valence-electron chi connectivity index (χ1n) is 7.47. The maximum Gasteiger partial charge on any atom is 0.186 e. The van der Waals surface area contributed by atoms with Gasteiger partial charge in [0, 0.05) is 18.5 Å². The molecule has 1 fully saturated rings. The van der Waals surface area contributed by atoms with Crippen LogP contribution in [-0.4, -0.2) is 35.3 Å². The molecule has 1 aromatic rings. The van der Waals surface area contributed by atoms with E-state index in [9.17, 15) is 4.79 Å². The van der Waals surface area contributed by atoms with Crippen LogP contribution in [0, 0.1) is 0 Å². The summed E-state index contributed by atoms with van der Waals surface area (Å²) in [4.78, 5) is 12.7. The van der Waals surface area contributed by atoms with Crippen LogP contribution >= 0.6 is 0 Å². The maximum absolute atomic E-state index is 12.7. The predicted octanol–water partition coefficient (Wildman–Crippen LogP) is 2.41. The normalized spacial score (nSPS) is 17.9. The Kier molecular flexibility index (Phi) is 4.81. The van der Waals surface area contributed by atoms with E-state index in [2.05, 4.69) is 10.4 Å². The Morgan fingerprint density at radius 1 is 1.45 bits per heavy atom. The van der Waals surface area contributed by atoms with Crippen LogP contribution in [0.5, 0.6) is 5.75 Å². The Morgan fingerprint density at radius 2 is 2.15 bits per heavy atom. The molecule has 2 rings (SSSR count). The fraction of sp³-hybridized carbons (Fsp3) is 0.733. The number of methoxy groups -OCH3 is 1. The highest BCUT2D eigenvalue weighted by Gasteiger charge is 2.34. The summed E-state index contributed by atoms with van der Waals surface area (Å²) in [5.41, 5.74) is 0.554. The van der Waals surface area contributed by atoms with Gasteiger partial charge in [0.2, 0.25) is 0 Å². The molecule has 1 heterocycles. The lowest BCUT2D eigenvalue weighted by molar-refractivity contribution is 0.0901. The van der Waals surface area contributed by atoms with E-state index < -0.39 is 0 Å². The summed E-state index contributed by atoms with van der Waals surface area (Å²) in [5.74, 6) is 0.705. The third kappa shape index (κ3) is 2.87. The Bertz CT molecular complexity index is 440. The Hall–Kier alpha value is -1.36. The van der Waals surface area contributed by atoms with Gasteiger partial charge >= 0.3 is 0 Å². The van der Waals surface area contributed by atoms with Gasteiger partial charge in [0.05, 0.1) is 13.3 Å². The van der Waals surface area contributed by atoms with E-state index in [1.54, 1.807) is 18.0 Å². The first-order valence-corrected chi connectivity index (χ1v) is 7.47. The summed E-state index contributed by atoms with van der Waals surface area (Å²) in [6.07, 6.45) is 7.94. The van der Waals surface area contributed by atoms with Crippen molar-refractivity contribution in [2.45, 2.75) is 57.5 Å². The van der Waals surface area contributed by atoms with Gasteiger partial charge in [0.15, 0.2) is 11.5 Å². The van der Waals surface area contributed by atoms with Crippen molar-refractivity contribution < 1.29 is 9.53 Å². The van der Waals surface area contributed by atoms with Crippen molar-refractivity contribution in [2.75, 3.05) is 14.2 Å². The minimum Gasteiger partial charge on any atom is -0.493 e. The number of ketones is 1. The second-order valence-electron chi connectivity index (χ2n) is 5.57. The zero-order valence-corrected chi connectivity index (χ0v) is 12.7. The molecule has 1 aromatic heterocycles. The second-order valence-corrected chi connectivity index (χ2v) is 5.57. The van der Waals surface area contributed by atoms with Crippen LogP contribution in [0.1, 0.15) is 55.9 Å². The molecule has 1 saturated carbocycles. The van der Waals surface area contributed by atoms with E-state index in [0.29, 0.717) is 24.4 Å². The Balaban J connectivity index is 2.20. The number of hydrogen-bond donors (Lipinski definition) is 1. The third-order valence-electron chi connectivity index (χ3n) is 4.43. The molecule has 1 aliphatic carbocycles. The fourth-order valence-corrected chi connectivity index (χ4v) is 3.17. The van der Waals surface area contributed by atoms with Crippen molar-refractivity contribution in [2.24, 2.45) is 0 Å². The van der Waals surface area contributed by atoms with Gasteiger partial charge in [-0.2, -0.15) is 5.10 Å². The van der Waals surface area contributed by atoms with Crippen molar-refractivity contribution >= 4 is 5.78 Å². The van der Waals surface area contributed by atoms with E-state index in [-0.39, 0.29) is 11.3 Å². The molecule has 1 aliphatic rings. The largest absolute Gasteiger partial charge is 0.493 e. The number of carbonyl (C=O) groups is 1. The molecule has 0 unspecified atom stereocenters. The van der Waals surface area contributed by atoms with Crippen LogP contribution in [0.25, 0.3) is 0 Å². The number of rotatable bonds is 6. The molecule has 0 bridgehead atoms. The smallest absolute Gasteiger partial charge is 0.186 e. The lowest BCUT2D eigenvalue weighted by Gasteiger charge is -2.36. The van der Waals surface area contributed by atoms with E-state index in [1.807, 2.05) is 14.0 Å². The maximum atomic E-state index is 12.7. The summed E-state index contributed by atoms with van der Waals surface area (Å²) < 4.78 is 7.01. The minimum atomic E-state index is -0.0524. The summed E-state index contributed by atoms with van der Waals surface area (Å²) in [7, 11) is 3.55. The molecule has 0 radical (unpaired) electrons. The molecule has 0 saturated heterocycles. The number of carbonyl (C=O) groups excluding carboxylic acids is 1. The summed E-state index contributed by atoms with van der Waals surface area (Å²) in [6, 6.07) is 0. The second kappa shape index (κ2) is 6.39. The minimum absolute atomic E-state index is 0.0524. The molecular formula is C15H25N3O2. The highest BCUT2D eigenvalue weighted by Crippen LogP contribution is 2.33. The van der Waals surface area contributed by atoms with Gasteiger partial charge in [-0.05, 0) is 26.8 Å². The van der Waals surface area contributed by atoms with Crippen LogP contribution in [0.4, 0.5) is 0 Å². The molecular weight excluding hydrogens is 254 g/mol. The van der Waals surface area contributed by atoms with Crippen LogP contribution in [0.15, 0.2) is 6.20 Å². The zero-order valence-electron chi connectivity index (χ0n) is 12.7. The molecule has 5 nitrogen and oxygen atoms in total. The monoisotopic (exact) mass is 279 g/mol.